The number of alkyl halides is 2. The molecule has 1 aromatic heterocycles. The van der Waals surface area contributed by atoms with Gasteiger partial charge >= 0.3 is 0 Å². The summed E-state index contributed by atoms with van der Waals surface area (Å²) >= 11 is 6.11. The SMILES string of the molecule is CPN(N)c1nn(CC(F)F)c2c(N)ccc(Cl)c12. The zero-order valence-electron chi connectivity index (χ0n) is 10.1. The molecule has 0 spiro atoms. The van der Waals surface area contributed by atoms with Crippen LogP contribution in [0, 0.1) is 0 Å². The van der Waals surface area contributed by atoms with Gasteiger partial charge in [0.1, 0.15) is 6.54 Å². The molecule has 1 heterocycles. The summed E-state index contributed by atoms with van der Waals surface area (Å²) in [5, 5.41) is 4.98. The minimum atomic E-state index is -2.54. The predicted octanol–water partition coefficient (Wildman–Crippen LogP) is 2.44. The molecule has 2 aromatic rings. The highest BCUT2D eigenvalue weighted by Crippen LogP contribution is 2.37. The van der Waals surface area contributed by atoms with Gasteiger partial charge in [-0.1, -0.05) is 11.6 Å². The molecule has 0 fully saturated rings. The van der Waals surface area contributed by atoms with Gasteiger partial charge in [0.2, 0.25) is 0 Å². The number of nitrogen functional groups attached to an aromatic ring is 1. The van der Waals surface area contributed by atoms with Crippen LogP contribution in [0.3, 0.4) is 0 Å². The molecule has 1 unspecified atom stereocenters. The van der Waals surface area contributed by atoms with Crippen molar-refractivity contribution in [1.29, 1.82) is 0 Å². The van der Waals surface area contributed by atoms with Gasteiger partial charge in [-0.15, -0.1) is 0 Å². The predicted molar refractivity (Wildman–Crippen MR) is 76.1 cm³/mol. The number of fused-ring (bicyclic) bond motifs is 1. The third-order valence-corrected chi connectivity index (χ3v) is 3.64. The van der Waals surface area contributed by atoms with Crippen molar-refractivity contribution in [2.75, 3.05) is 17.2 Å². The molecule has 1 aromatic carbocycles. The molecule has 104 valence electrons. The Morgan fingerprint density at radius 1 is 1.53 bits per heavy atom. The van der Waals surface area contributed by atoms with E-state index in [1.165, 1.54) is 4.78 Å². The molecule has 0 bridgehead atoms. The molecule has 0 aliphatic carbocycles. The molecule has 19 heavy (non-hydrogen) atoms. The van der Waals surface area contributed by atoms with Gasteiger partial charge in [0.05, 0.1) is 21.6 Å². The molecule has 1 atom stereocenters. The summed E-state index contributed by atoms with van der Waals surface area (Å²) in [7, 11) is 0.223. The highest BCUT2D eigenvalue weighted by Gasteiger charge is 2.20. The second-order valence-corrected chi connectivity index (χ2v) is 5.19. The van der Waals surface area contributed by atoms with E-state index >= 15 is 0 Å². The monoisotopic (exact) mass is 307 g/mol. The molecule has 9 heteroatoms. The molecular formula is C10H13ClF2N5P. The minimum Gasteiger partial charge on any atom is -0.397 e. The van der Waals surface area contributed by atoms with E-state index in [1.54, 1.807) is 12.1 Å². The molecule has 0 aliphatic heterocycles. The molecule has 0 saturated heterocycles. The first-order valence-electron chi connectivity index (χ1n) is 5.40. The van der Waals surface area contributed by atoms with E-state index in [9.17, 15) is 8.78 Å². The second kappa shape index (κ2) is 5.45. The number of rotatable bonds is 4. The molecule has 0 amide bonds. The Morgan fingerprint density at radius 2 is 2.21 bits per heavy atom. The van der Waals surface area contributed by atoms with E-state index in [4.69, 9.17) is 23.2 Å². The average Bonchev–Trinajstić information content (AvgIpc) is 2.73. The van der Waals surface area contributed by atoms with Gasteiger partial charge in [-0.25, -0.2) is 14.6 Å². The highest BCUT2D eigenvalue weighted by molar-refractivity contribution is 7.38. The number of benzene rings is 1. The Bertz CT molecular complexity index is 603. The molecule has 0 aliphatic rings. The highest BCUT2D eigenvalue weighted by atomic mass is 35.5. The molecule has 2 rings (SSSR count). The smallest absolute Gasteiger partial charge is 0.257 e. The maximum absolute atomic E-state index is 12.6. The molecule has 4 N–H and O–H groups in total. The van der Waals surface area contributed by atoms with Gasteiger partial charge in [-0.2, -0.15) is 5.10 Å². The van der Waals surface area contributed by atoms with Crippen LogP contribution in [0.1, 0.15) is 0 Å². The second-order valence-electron chi connectivity index (χ2n) is 3.85. The van der Waals surface area contributed by atoms with E-state index in [-0.39, 0.29) is 8.73 Å². The van der Waals surface area contributed by atoms with Crippen LogP contribution in [0.15, 0.2) is 12.1 Å². The number of aromatic nitrogens is 2. The van der Waals surface area contributed by atoms with Crippen molar-refractivity contribution in [1.82, 2.24) is 9.78 Å². The Kier molecular flexibility index (Phi) is 4.08. The fourth-order valence-corrected chi connectivity index (χ4v) is 2.43. The number of nitrogens with zero attached hydrogens (tertiary/aromatic N) is 3. The summed E-state index contributed by atoms with van der Waals surface area (Å²) in [6.07, 6.45) is -2.54. The van der Waals surface area contributed by atoms with Crippen LogP contribution in [0.5, 0.6) is 0 Å². The summed E-state index contributed by atoms with van der Waals surface area (Å²) < 4.78 is 27.7. The van der Waals surface area contributed by atoms with Crippen molar-refractivity contribution in [3.8, 4) is 0 Å². The van der Waals surface area contributed by atoms with Crippen molar-refractivity contribution < 1.29 is 8.78 Å². The molecule has 0 saturated carbocycles. The van der Waals surface area contributed by atoms with Crippen LogP contribution in [0.25, 0.3) is 10.9 Å². The fraction of sp³-hybridized carbons (Fsp3) is 0.300. The lowest BCUT2D eigenvalue weighted by atomic mass is 10.2. The van der Waals surface area contributed by atoms with Crippen LogP contribution in [0.2, 0.25) is 5.02 Å². The first-order valence-corrected chi connectivity index (χ1v) is 7.23. The van der Waals surface area contributed by atoms with Crippen molar-refractivity contribution in [2.24, 2.45) is 5.84 Å². The van der Waals surface area contributed by atoms with Gasteiger partial charge in [0, 0.05) is 0 Å². The maximum Gasteiger partial charge on any atom is 0.257 e. The Labute approximate surface area is 115 Å². The Balaban J connectivity index is 2.73. The maximum atomic E-state index is 12.6. The van der Waals surface area contributed by atoms with Crippen molar-refractivity contribution in [2.45, 2.75) is 13.0 Å². The van der Waals surface area contributed by atoms with E-state index in [2.05, 4.69) is 5.10 Å². The van der Waals surface area contributed by atoms with E-state index in [1.807, 2.05) is 6.66 Å². The van der Waals surface area contributed by atoms with Crippen LogP contribution in [-0.4, -0.2) is 22.9 Å². The zero-order chi connectivity index (χ0) is 14.2. The van der Waals surface area contributed by atoms with Crippen molar-refractivity contribution in [3.05, 3.63) is 17.2 Å². The number of anilines is 2. The number of hydrogen-bond acceptors (Lipinski definition) is 4. The van der Waals surface area contributed by atoms with Gasteiger partial charge in [-0.05, 0) is 27.5 Å². The number of nitrogens with two attached hydrogens (primary N) is 2. The fourth-order valence-electron chi connectivity index (χ4n) is 1.83. The number of hydrazine groups is 1. The summed E-state index contributed by atoms with van der Waals surface area (Å²) in [4.78, 5) is 0. The van der Waals surface area contributed by atoms with E-state index in [0.29, 0.717) is 27.4 Å². The lowest BCUT2D eigenvalue weighted by Crippen LogP contribution is -2.21. The quantitative estimate of drug-likeness (QED) is 0.394. The minimum absolute atomic E-state index is 0.223. The van der Waals surface area contributed by atoms with Crippen LogP contribution >= 0.6 is 20.3 Å². The lowest BCUT2D eigenvalue weighted by Gasteiger charge is -2.12. The van der Waals surface area contributed by atoms with Crippen LogP contribution < -0.4 is 16.4 Å². The van der Waals surface area contributed by atoms with Crippen LogP contribution in [-0.2, 0) is 6.54 Å². The summed E-state index contributed by atoms with van der Waals surface area (Å²) in [5.41, 5.74) is 6.56. The first kappa shape index (κ1) is 14.2. The van der Waals surface area contributed by atoms with E-state index < -0.39 is 13.0 Å². The third-order valence-electron chi connectivity index (χ3n) is 2.64. The Morgan fingerprint density at radius 3 is 2.79 bits per heavy atom. The largest absolute Gasteiger partial charge is 0.397 e. The standard InChI is InChI=1S/C10H13ClF2N5P/c1-19-18(15)10-8-5(11)2-3-6(14)9(8)17(16-10)4-7(12)13/h2-3,7,19H,4,14-15H2,1H3. The molecule has 0 radical (unpaired) electrons. The summed E-state index contributed by atoms with van der Waals surface area (Å²) in [6.45, 7) is 1.29. The van der Waals surface area contributed by atoms with Gasteiger partial charge in [-0.3, -0.25) is 9.46 Å². The average molecular weight is 308 g/mol. The molecule has 5 nitrogen and oxygen atoms in total. The van der Waals surface area contributed by atoms with Crippen molar-refractivity contribution >= 4 is 42.7 Å². The third kappa shape index (κ3) is 2.59. The van der Waals surface area contributed by atoms with E-state index in [0.717, 1.165) is 4.68 Å². The van der Waals surface area contributed by atoms with Gasteiger partial charge in [0.25, 0.3) is 6.43 Å². The summed E-state index contributed by atoms with van der Waals surface area (Å²) in [5.74, 6) is 6.16. The first-order chi connectivity index (χ1) is 8.95. The van der Waals surface area contributed by atoms with Crippen LogP contribution in [0.4, 0.5) is 20.3 Å². The Hall–Kier alpha value is -1.17. The lowest BCUT2D eigenvalue weighted by molar-refractivity contribution is 0.123. The normalized spacial score (nSPS) is 12.1. The van der Waals surface area contributed by atoms with Crippen molar-refractivity contribution in [3.63, 3.8) is 0 Å². The van der Waals surface area contributed by atoms with Gasteiger partial charge < -0.3 is 5.73 Å². The van der Waals surface area contributed by atoms with Gasteiger partial charge in [0.15, 0.2) is 5.82 Å². The number of hydrogen-bond donors (Lipinski definition) is 2. The topological polar surface area (TPSA) is 73.1 Å². The summed E-state index contributed by atoms with van der Waals surface area (Å²) in [6, 6.07) is 3.16. The molecular weight excluding hydrogens is 295 g/mol. The number of halogens is 3. The zero-order valence-corrected chi connectivity index (χ0v) is 11.8.